The molecule has 1 radical (unpaired) electrons. The summed E-state index contributed by atoms with van der Waals surface area (Å²) in [4.78, 5) is 8.57. The van der Waals surface area contributed by atoms with Crippen LogP contribution in [0.25, 0.3) is 33.3 Å². The molecular formula is C27H20IrN4O. The van der Waals surface area contributed by atoms with E-state index >= 15 is 0 Å². The van der Waals surface area contributed by atoms with Crippen LogP contribution in [0.15, 0.2) is 89.9 Å². The van der Waals surface area contributed by atoms with Crippen LogP contribution in [0.1, 0.15) is 5.56 Å². The predicted octanol–water partition coefficient (Wildman–Crippen LogP) is 5.58. The van der Waals surface area contributed by atoms with Crippen LogP contribution in [0.4, 0.5) is 5.69 Å². The van der Waals surface area contributed by atoms with Gasteiger partial charge in [-0.25, -0.2) is 4.98 Å². The number of aryl methyl sites for hydroxylation is 1. The Morgan fingerprint density at radius 1 is 0.909 bits per heavy atom. The van der Waals surface area contributed by atoms with Crippen molar-refractivity contribution < 1.29 is 33.7 Å². The molecule has 6 rings (SSSR count). The molecule has 0 atom stereocenters. The summed E-state index contributed by atoms with van der Waals surface area (Å²) in [5.41, 5.74) is 5.48. The topological polar surface area (TPSA) is 44.9 Å². The first-order valence-electron chi connectivity index (χ1n) is 10.2. The van der Waals surface area contributed by atoms with Gasteiger partial charge in [-0.2, -0.15) is 12.1 Å². The van der Waals surface area contributed by atoms with Crippen LogP contribution in [-0.4, -0.2) is 32.2 Å². The fraction of sp³-hybridized carbons (Fsp3) is 0.0741. The molecule has 0 aliphatic carbocycles. The van der Waals surface area contributed by atoms with E-state index < -0.39 is 0 Å². The average molecular weight is 609 g/mol. The number of hydrogen-bond donors (Lipinski definition) is 0. The molecule has 2 aromatic carbocycles. The minimum atomic E-state index is 0. The van der Waals surface area contributed by atoms with Gasteiger partial charge in [-0.15, -0.1) is 42.0 Å². The summed E-state index contributed by atoms with van der Waals surface area (Å²) in [5, 5.41) is 2.06. The number of aromatic nitrogens is 2. The van der Waals surface area contributed by atoms with Crippen molar-refractivity contribution in [2.45, 2.75) is 6.92 Å². The zero-order chi connectivity index (χ0) is 21.9. The molecule has 0 spiro atoms. The Morgan fingerprint density at radius 2 is 1.82 bits per heavy atom. The molecule has 33 heavy (non-hydrogen) atoms. The number of fused-ring (bicyclic) bond motifs is 3. The quantitative estimate of drug-likeness (QED) is 0.194. The Hall–Kier alpha value is -3.69. The van der Waals surface area contributed by atoms with Crippen molar-refractivity contribution in [2.75, 3.05) is 7.05 Å². The van der Waals surface area contributed by atoms with Gasteiger partial charge in [-0.1, -0.05) is 26.7 Å². The van der Waals surface area contributed by atoms with E-state index in [4.69, 9.17) is 4.42 Å². The second-order valence-electron chi connectivity index (χ2n) is 7.40. The van der Waals surface area contributed by atoms with Crippen molar-refractivity contribution in [1.82, 2.24) is 9.97 Å². The van der Waals surface area contributed by atoms with E-state index in [1.165, 1.54) is 5.56 Å². The molecule has 1 aliphatic heterocycles. The van der Waals surface area contributed by atoms with Gasteiger partial charge in [0.2, 0.25) is 11.9 Å². The van der Waals surface area contributed by atoms with E-state index in [1.807, 2.05) is 96.3 Å². The number of nitrogens with zero attached hydrogens (tertiary/aromatic N) is 4. The van der Waals surface area contributed by atoms with Crippen LogP contribution in [-0.2, 0) is 20.1 Å². The van der Waals surface area contributed by atoms with E-state index in [9.17, 15) is 0 Å². The second-order valence-corrected chi connectivity index (χ2v) is 7.40. The van der Waals surface area contributed by atoms with Crippen molar-refractivity contribution in [3.05, 3.63) is 103 Å². The van der Waals surface area contributed by atoms with Crippen LogP contribution < -0.4 is 0 Å². The molecule has 0 N–H and O–H groups in total. The molecule has 0 bridgehead atoms. The third-order valence-corrected chi connectivity index (χ3v) is 5.03. The molecule has 5 aromatic rings. The number of pyridine rings is 2. The standard InChI is InChI=1S/C15H10N3O.C12H10N.Ir/c1-17-8-9-18(10-17)13-6-2-4-11-12-5-3-7-16-15(12)19-14(11)13;1-10-7-8-12(13-9-10)11-5-3-2-4-6-11;/h2-5,7-9H,1H3;2-5,7-9H,1H3;/q+1;-1;. The summed E-state index contributed by atoms with van der Waals surface area (Å²) in [6.45, 7) is 2.03. The van der Waals surface area contributed by atoms with Crippen LogP contribution >= 0.6 is 0 Å². The maximum atomic E-state index is 5.85. The summed E-state index contributed by atoms with van der Waals surface area (Å²) in [6, 6.07) is 29.2. The Labute approximate surface area is 205 Å². The Kier molecular flexibility index (Phi) is 6.71. The van der Waals surface area contributed by atoms with Crippen molar-refractivity contribution in [3.8, 4) is 11.3 Å². The van der Waals surface area contributed by atoms with Gasteiger partial charge in [0.15, 0.2) is 12.7 Å². The van der Waals surface area contributed by atoms with Gasteiger partial charge in [0.05, 0.1) is 5.58 Å². The molecule has 6 heteroatoms. The van der Waals surface area contributed by atoms with Gasteiger partial charge in [0.1, 0.15) is 0 Å². The smallest absolute Gasteiger partial charge is 0.493 e. The maximum Gasteiger partial charge on any atom is 0.493 e. The monoisotopic (exact) mass is 609 g/mol. The molecule has 0 saturated heterocycles. The average Bonchev–Trinajstić information content (AvgIpc) is 3.44. The fourth-order valence-corrected chi connectivity index (χ4v) is 3.45. The van der Waals surface area contributed by atoms with E-state index in [2.05, 4.69) is 34.2 Å². The molecule has 0 amide bonds. The number of furan rings is 1. The summed E-state index contributed by atoms with van der Waals surface area (Å²) in [7, 11) is 1.93. The van der Waals surface area contributed by atoms with Crippen molar-refractivity contribution in [1.29, 1.82) is 0 Å². The molecular weight excluding hydrogens is 589 g/mol. The zero-order valence-corrected chi connectivity index (χ0v) is 20.5. The van der Waals surface area contributed by atoms with Crippen molar-refractivity contribution >= 4 is 33.8 Å². The van der Waals surface area contributed by atoms with Crippen LogP contribution in [0, 0.1) is 19.1 Å². The summed E-state index contributed by atoms with van der Waals surface area (Å²) in [5.74, 6) is 0. The summed E-state index contributed by atoms with van der Waals surface area (Å²) in [6.07, 6.45) is 7.45. The molecule has 5 nitrogen and oxygen atoms in total. The van der Waals surface area contributed by atoms with Crippen LogP contribution in [0.2, 0.25) is 0 Å². The molecule has 0 fully saturated rings. The zero-order valence-electron chi connectivity index (χ0n) is 18.1. The molecule has 4 heterocycles. The van der Waals surface area contributed by atoms with Gasteiger partial charge in [0, 0.05) is 37.9 Å². The maximum absolute atomic E-state index is 5.85. The molecule has 3 aromatic heterocycles. The SMILES string of the molecule is C[N+]1=C=[N+](c2[c-]ccc3c2oc2ncccc23)C=C1.Cc1ccc(-c2[c-]cccc2)nc1.[Ir]. The second kappa shape index (κ2) is 9.84. The Morgan fingerprint density at radius 3 is 2.55 bits per heavy atom. The first-order valence-corrected chi connectivity index (χ1v) is 10.2. The van der Waals surface area contributed by atoms with Crippen molar-refractivity contribution in [3.63, 3.8) is 0 Å². The third kappa shape index (κ3) is 4.74. The normalized spacial score (nSPS) is 12.1. The van der Waals surface area contributed by atoms with E-state index in [1.54, 1.807) is 6.20 Å². The number of hydrogen-bond acceptors (Lipinski definition) is 3. The van der Waals surface area contributed by atoms with E-state index in [0.29, 0.717) is 5.71 Å². The van der Waals surface area contributed by atoms with E-state index in [0.717, 1.165) is 33.3 Å². The molecule has 163 valence electrons. The predicted molar refractivity (Wildman–Crippen MR) is 124 cm³/mol. The third-order valence-electron chi connectivity index (χ3n) is 5.03. The number of rotatable bonds is 2. The van der Waals surface area contributed by atoms with Gasteiger partial charge >= 0.3 is 6.01 Å². The van der Waals surface area contributed by atoms with Gasteiger partial charge in [0.25, 0.3) is 6.20 Å². The molecule has 1 aliphatic rings. The first kappa shape index (κ1) is 22.5. The van der Waals surface area contributed by atoms with Gasteiger partial charge in [-0.05, 0) is 30.3 Å². The summed E-state index contributed by atoms with van der Waals surface area (Å²) >= 11 is 0. The first-order chi connectivity index (χ1) is 15.7. The van der Waals surface area contributed by atoms with Crippen molar-refractivity contribution in [2.24, 2.45) is 0 Å². The molecule has 0 saturated carbocycles. The molecule has 0 unspecified atom stereocenters. The minimum Gasteiger partial charge on any atom is -0.495 e. The van der Waals surface area contributed by atoms with E-state index in [-0.39, 0.29) is 20.1 Å². The Balaban J connectivity index is 0.000000164. The van der Waals surface area contributed by atoms with Gasteiger partial charge < -0.3 is 9.40 Å². The fourth-order valence-electron chi connectivity index (χ4n) is 3.45. The van der Waals surface area contributed by atoms with Crippen LogP contribution in [0.3, 0.4) is 0 Å². The van der Waals surface area contributed by atoms with Gasteiger partial charge in [-0.3, -0.25) is 0 Å². The number of benzene rings is 2. The Bertz CT molecular complexity index is 1510. The summed E-state index contributed by atoms with van der Waals surface area (Å²) < 4.78 is 9.58. The largest absolute Gasteiger partial charge is 0.495 e. The minimum absolute atomic E-state index is 0. The van der Waals surface area contributed by atoms with Crippen LogP contribution in [0.5, 0.6) is 0 Å².